The lowest BCUT2D eigenvalue weighted by Crippen LogP contribution is -2.53. The van der Waals surface area contributed by atoms with Crippen LogP contribution in [-0.2, 0) is 19.1 Å². The molecular weight excluding hydrogens is 286 g/mol. The molecule has 1 saturated heterocycles. The van der Waals surface area contributed by atoms with Crippen molar-refractivity contribution in [2.45, 2.75) is 45.6 Å². The minimum Gasteiger partial charge on any atom is -0.468 e. The number of methoxy groups -OCH3 is 1. The number of fused-ring (bicyclic) bond motifs is 1. The summed E-state index contributed by atoms with van der Waals surface area (Å²) in [6.45, 7) is 6.04. The van der Waals surface area contributed by atoms with Gasteiger partial charge in [-0.2, -0.15) is 0 Å². The maximum Gasteiger partial charge on any atom is 0.410 e. The van der Waals surface area contributed by atoms with Crippen molar-refractivity contribution < 1.29 is 23.9 Å². The number of rotatable bonds is 1. The van der Waals surface area contributed by atoms with Crippen LogP contribution in [0, 0.1) is 5.41 Å². The molecule has 0 N–H and O–H groups in total. The Morgan fingerprint density at radius 3 is 2.55 bits per heavy atom. The van der Waals surface area contributed by atoms with E-state index in [4.69, 9.17) is 9.47 Å². The van der Waals surface area contributed by atoms with Gasteiger partial charge in [-0.1, -0.05) is 0 Å². The zero-order valence-electron chi connectivity index (χ0n) is 13.6. The second-order valence-corrected chi connectivity index (χ2v) is 6.86. The average Bonchev–Trinajstić information content (AvgIpc) is 2.44. The van der Waals surface area contributed by atoms with Gasteiger partial charge >= 0.3 is 12.1 Å². The molecule has 0 spiro atoms. The van der Waals surface area contributed by atoms with E-state index in [2.05, 4.69) is 0 Å². The van der Waals surface area contributed by atoms with E-state index >= 15 is 0 Å². The number of carbonyl (C=O) groups is 3. The highest BCUT2D eigenvalue weighted by Gasteiger charge is 2.50. The molecule has 0 bridgehead atoms. The zero-order valence-corrected chi connectivity index (χ0v) is 13.6. The van der Waals surface area contributed by atoms with Gasteiger partial charge in [0, 0.05) is 19.5 Å². The summed E-state index contributed by atoms with van der Waals surface area (Å²) in [5, 5.41) is 0. The normalized spacial score (nSPS) is 25.2. The highest BCUT2D eigenvalue weighted by molar-refractivity contribution is 5.95. The minimum absolute atomic E-state index is 0.0280. The van der Waals surface area contributed by atoms with E-state index in [1.54, 1.807) is 26.8 Å². The first-order valence-corrected chi connectivity index (χ1v) is 7.48. The maximum atomic E-state index is 12.3. The first-order valence-electron chi connectivity index (χ1n) is 7.48. The van der Waals surface area contributed by atoms with Crippen molar-refractivity contribution in [1.29, 1.82) is 0 Å². The second-order valence-electron chi connectivity index (χ2n) is 6.86. The quantitative estimate of drug-likeness (QED) is 0.693. The Labute approximate surface area is 130 Å². The third-order valence-electron chi connectivity index (χ3n) is 4.09. The molecule has 2 aliphatic rings. The molecule has 122 valence electrons. The van der Waals surface area contributed by atoms with Gasteiger partial charge in [0.25, 0.3) is 0 Å². The molecule has 0 radical (unpaired) electrons. The summed E-state index contributed by atoms with van der Waals surface area (Å²) >= 11 is 0. The molecule has 2 rings (SSSR count). The maximum absolute atomic E-state index is 12.3. The lowest BCUT2D eigenvalue weighted by atomic mass is 9.68. The molecule has 1 atom stereocenters. The van der Waals surface area contributed by atoms with Gasteiger partial charge in [0.1, 0.15) is 11.0 Å². The predicted octanol–water partition coefficient (Wildman–Crippen LogP) is 2.08. The van der Waals surface area contributed by atoms with Crippen LogP contribution in [0.1, 0.15) is 40.0 Å². The first kappa shape index (κ1) is 16.5. The van der Waals surface area contributed by atoms with Gasteiger partial charge in [-0.3, -0.25) is 9.59 Å². The van der Waals surface area contributed by atoms with E-state index in [1.807, 2.05) is 0 Å². The lowest BCUT2D eigenvalue weighted by Gasteiger charge is -2.44. The van der Waals surface area contributed by atoms with E-state index in [9.17, 15) is 14.4 Å². The number of piperidine rings is 1. The highest BCUT2D eigenvalue weighted by atomic mass is 16.6. The fourth-order valence-electron chi connectivity index (χ4n) is 3.03. The van der Waals surface area contributed by atoms with Gasteiger partial charge in [0.2, 0.25) is 0 Å². The van der Waals surface area contributed by atoms with Crippen LogP contribution in [0.3, 0.4) is 0 Å². The second kappa shape index (κ2) is 5.74. The van der Waals surface area contributed by atoms with Crippen LogP contribution in [-0.4, -0.2) is 48.5 Å². The van der Waals surface area contributed by atoms with E-state index in [0.29, 0.717) is 25.8 Å². The molecule has 1 heterocycles. The van der Waals surface area contributed by atoms with Crippen LogP contribution in [0.5, 0.6) is 0 Å². The Morgan fingerprint density at radius 1 is 1.27 bits per heavy atom. The number of ether oxygens (including phenoxy) is 2. The summed E-state index contributed by atoms with van der Waals surface area (Å²) in [7, 11) is 1.33. The number of hydrogen-bond acceptors (Lipinski definition) is 5. The summed E-state index contributed by atoms with van der Waals surface area (Å²) in [5.41, 5.74) is -0.721. The number of likely N-dealkylation sites (tertiary alicyclic amines) is 1. The monoisotopic (exact) mass is 309 g/mol. The Balaban J connectivity index is 2.25. The van der Waals surface area contributed by atoms with Crippen LogP contribution >= 0.6 is 0 Å². The lowest BCUT2D eigenvalue weighted by molar-refractivity contribution is -0.153. The molecule has 0 aromatic heterocycles. The number of nitrogens with zero attached hydrogens (tertiary/aromatic N) is 1. The van der Waals surface area contributed by atoms with Crippen LogP contribution in [0.25, 0.3) is 0 Å². The molecule has 6 nitrogen and oxygen atoms in total. The number of ketones is 1. The number of allylic oxidation sites excluding steroid dienone is 1. The largest absolute Gasteiger partial charge is 0.468 e. The van der Waals surface area contributed by atoms with E-state index in [0.717, 1.165) is 5.57 Å². The summed E-state index contributed by atoms with van der Waals surface area (Å²) in [5.74, 6) is -0.361. The number of carbonyl (C=O) groups excluding carboxylic acids is 3. The van der Waals surface area contributed by atoms with Crippen molar-refractivity contribution in [2.24, 2.45) is 5.41 Å². The van der Waals surface area contributed by atoms with Crippen LogP contribution in [0.4, 0.5) is 4.79 Å². The molecular formula is C16H23NO5. The van der Waals surface area contributed by atoms with Crippen LogP contribution < -0.4 is 0 Å². The molecule has 0 aromatic carbocycles. The van der Waals surface area contributed by atoms with Crippen molar-refractivity contribution in [3.05, 3.63) is 11.6 Å². The van der Waals surface area contributed by atoms with Gasteiger partial charge in [-0.25, -0.2) is 4.79 Å². The number of amides is 1. The molecule has 1 aliphatic heterocycles. The molecule has 1 amide bonds. The van der Waals surface area contributed by atoms with Crippen molar-refractivity contribution in [1.82, 2.24) is 4.90 Å². The molecule has 22 heavy (non-hydrogen) atoms. The average molecular weight is 309 g/mol. The fraction of sp³-hybridized carbons (Fsp3) is 0.688. The Kier molecular flexibility index (Phi) is 4.31. The Bertz CT molecular complexity index is 531. The Morgan fingerprint density at radius 2 is 1.95 bits per heavy atom. The molecule has 0 unspecified atom stereocenters. The molecule has 1 fully saturated rings. The van der Waals surface area contributed by atoms with E-state index in [1.165, 1.54) is 12.0 Å². The van der Waals surface area contributed by atoms with Crippen LogP contribution in [0.15, 0.2) is 11.6 Å². The smallest absolute Gasteiger partial charge is 0.410 e. The van der Waals surface area contributed by atoms with Crippen LogP contribution in [0.2, 0.25) is 0 Å². The van der Waals surface area contributed by atoms with Gasteiger partial charge < -0.3 is 14.4 Å². The summed E-state index contributed by atoms with van der Waals surface area (Å²) in [6, 6.07) is 0. The highest BCUT2D eigenvalue weighted by Crippen LogP contribution is 2.43. The minimum atomic E-state index is -0.905. The van der Waals surface area contributed by atoms with Gasteiger partial charge in [0.15, 0.2) is 5.78 Å². The SMILES string of the molecule is COC(=O)[C@@]12CCC(=O)C=C1CCN(C(=O)OC(C)(C)C)C2. The summed E-state index contributed by atoms with van der Waals surface area (Å²) < 4.78 is 10.3. The van der Waals surface area contributed by atoms with Crippen molar-refractivity contribution >= 4 is 17.8 Å². The number of hydrogen-bond donors (Lipinski definition) is 0. The number of esters is 1. The first-order chi connectivity index (χ1) is 10.2. The summed E-state index contributed by atoms with van der Waals surface area (Å²) in [4.78, 5) is 37.8. The third-order valence-corrected chi connectivity index (χ3v) is 4.09. The predicted molar refractivity (Wildman–Crippen MR) is 79.2 cm³/mol. The molecule has 1 aliphatic carbocycles. The standard InChI is InChI=1S/C16H23NO5/c1-15(2,3)22-14(20)17-8-6-11-9-12(18)5-7-16(11,10-17)13(19)21-4/h9H,5-8,10H2,1-4H3/t16-/m1/s1. The van der Waals surface area contributed by atoms with Gasteiger partial charge in [-0.05, 0) is 45.3 Å². The van der Waals surface area contributed by atoms with Gasteiger partial charge in [0.05, 0.1) is 7.11 Å². The topological polar surface area (TPSA) is 72.9 Å². The van der Waals surface area contributed by atoms with Gasteiger partial charge in [-0.15, -0.1) is 0 Å². The fourth-order valence-corrected chi connectivity index (χ4v) is 3.03. The zero-order chi connectivity index (χ0) is 16.5. The van der Waals surface area contributed by atoms with E-state index < -0.39 is 17.1 Å². The third kappa shape index (κ3) is 3.15. The molecule has 6 heteroatoms. The van der Waals surface area contributed by atoms with Crippen molar-refractivity contribution in [3.8, 4) is 0 Å². The van der Waals surface area contributed by atoms with Crippen molar-refractivity contribution in [2.75, 3.05) is 20.2 Å². The molecule has 0 saturated carbocycles. The van der Waals surface area contributed by atoms with Crippen molar-refractivity contribution in [3.63, 3.8) is 0 Å². The van der Waals surface area contributed by atoms with E-state index in [-0.39, 0.29) is 18.3 Å². The molecule has 0 aromatic rings. The summed E-state index contributed by atoms with van der Waals surface area (Å²) in [6.07, 6.45) is 2.27. The Hall–Kier alpha value is -1.85.